The average molecular weight is 226 g/mol. The molecule has 0 aromatic heterocycles. The van der Waals surface area contributed by atoms with E-state index in [0.29, 0.717) is 19.4 Å². The van der Waals surface area contributed by atoms with Crippen molar-refractivity contribution < 1.29 is 18.9 Å². The van der Waals surface area contributed by atoms with Crippen molar-refractivity contribution in [3.8, 4) is 0 Å². The van der Waals surface area contributed by atoms with Crippen molar-refractivity contribution in [2.45, 2.75) is 31.7 Å². The van der Waals surface area contributed by atoms with Gasteiger partial charge in [-0.15, -0.1) is 0 Å². The molecule has 7 heteroatoms. The third kappa shape index (κ3) is 10.1. The third-order valence-corrected chi connectivity index (χ3v) is 2.28. The summed E-state index contributed by atoms with van der Waals surface area (Å²) in [5.41, 5.74) is 11.0. The standard InChI is InChI=1S/C7H19N2O4P/c8-5-1-3-7(9)4-2-6-13-14(10,11)12/h7H,1-6,8-9H2,(H2,10,11,12). The second-order valence-electron chi connectivity index (χ2n) is 3.16. The minimum Gasteiger partial charge on any atom is -0.330 e. The maximum atomic E-state index is 10.3. The molecule has 0 aromatic rings. The molecule has 0 spiro atoms. The largest absolute Gasteiger partial charge is 0.469 e. The summed E-state index contributed by atoms with van der Waals surface area (Å²) < 4.78 is 14.5. The molecule has 0 fully saturated rings. The summed E-state index contributed by atoms with van der Waals surface area (Å²) in [6.45, 7) is 0.660. The number of phosphoric acid groups is 1. The molecule has 0 saturated heterocycles. The van der Waals surface area contributed by atoms with Crippen LogP contribution in [-0.2, 0) is 9.09 Å². The van der Waals surface area contributed by atoms with Gasteiger partial charge in [-0.25, -0.2) is 4.57 Å². The van der Waals surface area contributed by atoms with Gasteiger partial charge in [0.2, 0.25) is 0 Å². The van der Waals surface area contributed by atoms with E-state index in [9.17, 15) is 4.57 Å². The van der Waals surface area contributed by atoms with Gasteiger partial charge in [-0.3, -0.25) is 4.52 Å². The number of hydrogen-bond donors (Lipinski definition) is 4. The first-order valence-electron chi connectivity index (χ1n) is 4.61. The van der Waals surface area contributed by atoms with Gasteiger partial charge >= 0.3 is 7.82 Å². The highest BCUT2D eigenvalue weighted by Gasteiger charge is 2.13. The second kappa shape index (κ2) is 7.34. The Kier molecular flexibility index (Phi) is 7.35. The molecule has 0 bridgehead atoms. The first-order chi connectivity index (χ1) is 6.45. The van der Waals surface area contributed by atoms with E-state index >= 15 is 0 Å². The predicted octanol–water partition coefficient (Wildman–Crippen LogP) is -0.0579. The maximum Gasteiger partial charge on any atom is 0.469 e. The lowest BCUT2D eigenvalue weighted by Crippen LogP contribution is -2.21. The van der Waals surface area contributed by atoms with E-state index in [0.717, 1.165) is 12.8 Å². The van der Waals surface area contributed by atoms with Crippen molar-refractivity contribution in [2.24, 2.45) is 11.5 Å². The minimum absolute atomic E-state index is 0.0407. The zero-order valence-electron chi connectivity index (χ0n) is 8.13. The monoisotopic (exact) mass is 226 g/mol. The molecule has 0 radical (unpaired) electrons. The number of nitrogens with two attached hydrogens (primary N) is 2. The molecule has 0 aliphatic rings. The van der Waals surface area contributed by atoms with Crippen molar-refractivity contribution in [2.75, 3.05) is 13.2 Å². The van der Waals surface area contributed by atoms with Gasteiger partial charge in [0, 0.05) is 6.04 Å². The SMILES string of the molecule is NCCCC(N)CCCOP(=O)(O)O. The molecule has 86 valence electrons. The quantitative estimate of drug-likeness (QED) is 0.340. The Hall–Kier alpha value is 0.0300. The molecule has 6 nitrogen and oxygen atoms in total. The molecular formula is C7H19N2O4P. The summed E-state index contributed by atoms with van der Waals surface area (Å²) in [5, 5.41) is 0. The third-order valence-electron chi connectivity index (χ3n) is 1.76. The second-order valence-corrected chi connectivity index (χ2v) is 4.40. The van der Waals surface area contributed by atoms with E-state index < -0.39 is 7.82 Å². The van der Waals surface area contributed by atoms with Crippen LogP contribution in [0.1, 0.15) is 25.7 Å². The highest BCUT2D eigenvalue weighted by atomic mass is 31.2. The van der Waals surface area contributed by atoms with Crippen LogP contribution in [0.25, 0.3) is 0 Å². The fourth-order valence-electron chi connectivity index (χ4n) is 1.05. The summed E-state index contributed by atoms with van der Waals surface area (Å²) in [4.78, 5) is 16.7. The molecule has 0 aromatic carbocycles. The topological polar surface area (TPSA) is 119 Å². The Balaban J connectivity index is 3.31. The Labute approximate surface area is 83.9 Å². The highest BCUT2D eigenvalue weighted by Crippen LogP contribution is 2.35. The molecule has 6 N–H and O–H groups in total. The normalized spacial score (nSPS) is 14.3. The van der Waals surface area contributed by atoms with Crippen LogP contribution < -0.4 is 11.5 Å². The zero-order valence-corrected chi connectivity index (χ0v) is 9.03. The molecule has 0 saturated carbocycles. The van der Waals surface area contributed by atoms with Gasteiger partial charge in [0.05, 0.1) is 6.61 Å². The van der Waals surface area contributed by atoms with Gasteiger partial charge in [-0.1, -0.05) is 0 Å². The first kappa shape index (κ1) is 14.0. The van der Waals surface area contributed by atoms with Crippen LogP contribution in [0, 0.1) is 0 Å². The number of rotatable bonds is 8. The Morgan fingerprint density at radius 3 is 2.36 bits per heavy atom. The van der Waals surface area contributed by atoms with Crippen LogP contribution in [0.2, 0.25) is 0 Å². The average Bonchev–Trinajstić information content (AvgIpc) is 2.07. The van der Waals surface area contributed by atoms with Crippen LogP contribution in [0.3, 0.4) is 0 Å². The van der Waals surface area contributed by atoms with E-state index in [2.05, 4.69) is 4.52 Å². The van der Waals surface area contributed by atoms with Crippen LogP contribution in [0.4, 0.5) is 0 Å². The molecule has 1 atom stereocenters. The van der Waals surface area contributed by atoms with E-state index in [1.54, 1.807) is 0 Å². The van der Waals surface area contributed by atoms with Crippen molar-refractivity contribution >= 4 is 7.82 Å². The van der Waals surface area contributed by atoms with Gasteiger partial charge in [-0.2, -0.15) is 0 Å². The summed E-state index contributed by atoms with van der Waals surface area (Å²) in [5.74, 6) is 0. The summed E-state index contributed by atoms with van der Waals surface area (Å²) in [6, 6.07) is 0.0407. The van der Waals surface area contributed by atoms with Gasteiger partial charge in [0.25, 0.3) is 0 Å². The van der Waals surface area contributed by atoms with Crippen molar-refractivity contribution in [1.82, 2.24) is 0 Å². The summed E-state index contributed by atoms with van der Waals surface area (Å²) in [6.07, 6.45) is 2.96. The molecule has 1 unspecified atom stereocenters. The van der Waals surface area contributed by atoms with Crippen LogP contribution in [-0.4, -0.2) is 29.0 Å². The zero-order chi connectivity index (χ0) is 11.0. The molecule has 0 aliphatic carbocycles. The van der Waals surface area contributed by atoms with Gasteiger partial charge in [0.1, 0.15) is 0 Å². The van der Waals surface area contributed by atoms with Crippen molar-refractivity contribution in [3.05, 3.63) is 0 Å². The first-order valence-corrected chi connectivity index (χ1v) is 6.14. The maximum absolute atomic E-state index is 10.3. The fraction of sp³-hybridized carbons (Fsp3) is 1.00. The lowest BCUT2D eigenvalue weighted by atomic mass is 10.1. The van der Waals surface area contributed by atoms with Crippen molar-refractivity contribution in [3.63, 3.8) is 0 Å². The van der Waals surface area contributed by atoms with E-state index in [-0.39, 0.29) is 12.6 Å². The molecule has 0 aliphatic heterocycles. The highest BCUT2D eigenvalue weighted by molar-refractivity contribution is 7.46. The lowest BCUT2D eigenvalue weighted by Gasteiger charge is -2.10. The smallest absolute Gasteiger partial charge is 0.330 e. The Bertz CT molecular complexity index is 185. The Morgan fingerprint density at radius 1 is 1.29 bits per heavy atom. The molecule has 14 heavy (non-hydrogen) atoms. The predicted molar refractivity (Wildman–Crippen MR) is 53.5 cm³/mol. The van der Waals surface area contributed by atoms with Gasteiger partial charge in [0.15, 0.2) is 0 Å². The summed E-state index contributed by atoms with van der Waals surface area (Å²) in [7, 11) is -4.31. The molecule has 0 heterocycles. The van der Waals surface area contributed by atoms with Crippen LogP contribution in [0.5, 0.6) is 0 Å². The molecular weight excluding hydrogens is 207 g/mol. The van der Waals surface area contributed by atoms with Gasteiger partial charge < -0.3 is 21.3 Å². The van der Waals surface area contributed by atoms with E-state index in [1.807, 2.05) is 0 Å². The van der Waals surface area contributed by atoms with Crippen molar-refractivity contribution in [1.29, 1.82) is 0 Å². The van der Waals surface area contributed by atoms with Crippen LogP contribution in [0.15, 0.2) is 0 Å². The van der Waals surface area contributed by atoms with Gasteiger partial charge in [-0.05, 0) is 32.2 Å². The number of phosphoric ester groups is 1. The lowest BCUT2D eigenvalue weighted by molar-refractivity contribution is 0.192. The van der Waals surface area contributed by atoms with E-state index in [4.69, 9.17) is 21.3 Å². The number of hydrogen-bond acceptors (Lipinski definition) is 4. The minimum atomic E-state index is -4.31. The fourth-order valence-corrected chi connectivity index (χ4v) is 1.42. The molecule has 0 rings (SSSR count). The molecule has 0 amide bonds. The summed E-state index contributed by atoms with van der Waals surface area (Å²) >= 11 is 0. The van der Waals surface area contributed by atoms with E-state index in [1.165, 1.54) is 0 Å². The van der Waals surface area contributed by atoms with Crippen LogP contribution >= 0.6 is 7.82 Å². The Morgan fingerprint density at radius 2 is 1.86 bits per heavy atom.